The predicted octanol–water partition coefficient (Wildman–Crippen LogP) is 2.61. The molecule has 180 valence electrons. The zero-order valence-electron chi connectivity index (χ0n) is 18.3. The maximum absolute atomic E-state index is 12.9. The summed E-state index contributed by atoms with van der Waals surface area (Å²) in [6, 6.07) is 6.29. The van der Waals surface area contributed by atoms with Gasteiger partial charge in [0.2, 0.25) is 0 Å². The molecule has 3 rings (SSSR count). The number of alkyl halides is 3. The van der Waals surface area contributed by atoms with Gasteiger partial charge in [0, 0.05) is 45.8 Å². The fourth-order valence-electron chi connectivity index (χ4n) is 3.43. The van der Waals surface area contributed by atoms with Gasteiger partial charge in [-0.05, 0) is 37.5 Å². The predicted molar refractivity (Wildman–Crippen MR) is 127 cm³/mol. The van der Waals surface area contributed by atoms with E-state index >= 15 is 0 Å². The number of hydrogen-bond acceptors (Lipinski definition) is 4. The number of hydrogen-bond donors (Lipinski definition) is 2. The molecule has 0 aromatic heterocycles. The second-order valence-electron chi connectivity index (χ2n) is 7.92. The first-order chi connectivity index (χ1) is 14.8. The summed E-state index contributed by atoms with van der Waals surface area (Å²) in [5.74, 6) is 1.13. The lowest BCUT2D eigenvalue weighted by Crippen LogP contribution is -2.56. The van der Waals surface area contributed by atoms with Gasteiger partial charge in [-0.3, -0.25) is 14.7 Å². The summed E-state index contributed by atoms with van der Waals surface area (Å²) in [6.07, 6.45) is -2.15. The SMILES string of the molecule is CN=C(NCc1cccc(OCC(=O)NC2CC2)c1)N1CCN(C(C)C(F)(F)F)CC1.I. The van der Waals surface area contributed by atoms with E-state index in [-0.39, 0.29) is 36.5 Å². The van der Waals surface area contributed by atoms with E-state index in [1.807, 2.05) is 23.1 Å². The van der Waals surface area contributed by atoms with Gasteiger partial charge in [-0.1, -0.05) is 12.1 Å². The zero-order chi connectivity index (χ0) is 22.4. The molecule has 1 aromatic rings. The number of carbonyl (C=O) groups is 1. The molecule has 1 amide bonds. The molecule has 1 atom stereocenters. The number of nitrogens with one attached hydrogen (secondary N) is 2. The van der Waals surface area contributed by atoms with Gasteiger partial charge >= 0.3 is 6.18 Å². The molecule has 1 saturated carbocycles. The quantitative estimate of drug-likeness (QED) is 0.301. The van der Waals surface area contributed by atoms with Crippen LogP contribution in [0.3, 0.4) is 0 Å². The van der Waals surface area contributed by atoms with Crippen LogP contribution in [0.1, 0.15) is 25.3 Å². The van der Waals surface area contributed by atoms with Crippen molar-refractivity contribution < 1.29 is 22.7 Å². The van der Waals surface area contributed by atoms with E-state index in [9.17, 15) is 18.0 Å². The molecule has 2 N–H and O–H groups in total. The minimum Gasteiger partial charge on any atom is -0.484 e. The number of carbonyl (C=O) groups excluding carboxylic acids is 1. The van der Waals surface area contributed by atoms with Crippen molar-refractivity contribution in [1.29, 1.82) is 0 Å². The second-order valence-corrected chi connectivity index (χ2v) is 7.92. The minimum atomic E-state index is -4.21. The van der Waals surface area contributed by atoms with E-state index in [1.54, 1.807) is 13.1 Å². The van der Waals surface area contributed by atoms with Crippen molar-refractivity contribution in [1.82, 2.24) is 20.4 Å². The molecule has 1 aliphatic carbocycles. The van der Waals surface area contributed by atoms with Crippen molar-refractivity contribution >= 4 is 35.8 Å². The number of aliphatic imine (C=N–C) groups is 1. The Morgan fingerprint density at radius 1 is 1.25 bits per heavy atom. The molecule has 2 fully saturated rings. The summed E-state index contributed by atoms with van der Waals surface area (Å²) in [7, 11) is 1.66. The molecule has 1 unspecified atom stereocenters. The normalized spacial score (nSPS) is 18.5. The molecule has 11 heteroatoms. The Kier molecular flexibility index (Phi) is 9.86. The van der Waals surface area contributed by atoms with E-state index in [0.29, 0.717) is 50.5 Å². The lowest BCUT2D eigenvalue weighted by Gasteiger charge is -2.39. The minimum absolute atomic E-state index is 0. The standard InChI is InChI=1S/C21H30F3N5O2.HI/c1-15(21(22,23)24)28-8-10-29(11-9-28)20(25-2)26-13-16-4-3-5-18(12-16)31-14-19(30)27-17-6-7-17;/h3-5,12,15,17H,6-11,13-14H2,1-2H3,(H,25,26)(H,27,30);1H. The Balaban J connectivity index is 0.00000363. The molecular formula is C21H31F3IN5O2. The van der Waals surface area contributed by atoms with E-state index in [0.717, 1.165) is 18.4 Å². The van der Waals surface area contributed by atoms with Crippen LogP contribution in [0.4, 0.5) is 13.2 Å². The third kappa shape index (κ3) is 7.98. The van der Waals surface area contributed by atoms with Crippen molar-refractivity contribution in [3.8, 4) is 5.75 Å². The van der Waals surface area contributed by atoms with Gasteiger partial charge in [0.1, 0.15) is 11.8 Å². The fraction of sp³-hybridized carbons (Fsp3) is 0.619. The highest BCUT2D eigenvalue weighted by Crippen LogP contribution is 2.25. The van der Waals surface area contributed by atoms with E-state index in [2.05, 4.69) is 15.6 Å². The first kappa shape index (κ1) is 26.5. The van der Waals surface area contributed by atoms with Crippen molar-refractivity contribution in [2.75, 3.05) is 39.8 Å². The number of halogens is 4. The lowest BCUT2D eigenvalue weighted by molar-refractivity contribution is -0.181. The molecule has 0 spiro atoms. The number of amides is 1. The molecule has 2 aliphatic rings. The average Bonchev–Trinajstić information content (AvgIpc) is 3.56. The van der Waals surface area contributed by atoms with Crippen LogP contribution in [0.25, 0.3) is 0 Å². The van der Waals surface area contributed by atoms with Crippen molar-refractivity contribution in [3.63, 3.8) is 0 Å². The maximum atomic E-state index is 12.9. The number of guanidine groups is 1. The van der Waals surface area contributed by atoms with Gasteiger partial charge in [-0.2, -0.15) is 13.2 Å². The number of ether oxygens (including phenoxy) is 1. The van der Waals surface area contributed by atoms with Crippen LogP contribution in [0.2, 0.25) is 0 Å². The molecule has 1 saturated heterocycles. The monoisotopic (exact) mass is 569 g/mol. The number of benzene rings is 1. The van der Waals surface area contributed by atoms with E-state index in [1.165, 1.54) is 11.8 Å². The summed E-state index contributed by atoms with van der Waals surface area (Å²) in [5.41, 5.74) is 0.950. The van der Waals surface area contributed by atoms with Gasteiger partial charge in [0.05, 0.1) is 0 Å². The third-order valence-corrected chi connectivity index (χ3v) is 5.51. The van der Waals surface area contributed by atoms with Crippen molar-refractivity contribution in [2.24, 2.45) is 4.99 Å². The Hall–Kier alpha value is -1.76. The Morgan fingerprint density at radius 3 is 2.53 bits per heavy atom. The molecule has 0 radical (unpaired) electrons. The maximum Gasteiger partial charge on any atom is 0.403 e. The lowest BCUT2D eigenvalue weighted by atomic mass is 10.2. The van der Waals surface area contributed by atoms with Gasteiger partial charge in [0.25, 0.3) is 5.91 Å². The second kappa shape index (κ2) is 11.9. The summed E-state index contributed by atoms with van der Waals surface area (Å²) in [5, 5.41) is 6.13. The zero-order valence-corrected chi connectivity index (χ0v) is 20.7. The van der Waals surface area contributed by atoms with Gasteiger partial charge in [-0.25, -0.2) is 0 Å². The van der Waals surface area contributed by atoms with Crippen LogP contribution in [0.15, 0.2) is 29.3 Å². The van der Waals surface area contributed by atoms with Crippen LogP contribution in [-0.2, 0) is 11.3 Å². The van der Waals surface area contributed by atoms with E-state index < -0.39 is 12.2 Å². The van der Waals surface area contributed by atoms with Crippen LogP contribution in [-0.4, -0.2) is 79.8 Å². The fourth-order valence-corrected chi connectivity index (χ4v) is 3.43. The first-order valence-electron chi connectivity index (χ1n) is 10.5. The third-order valence-electron chi connectivity index (χ3n) is 5.51. The largest absolute Gasteiger partial charge is 0.484 e. The summed E-state index contributed by atoms with van der Waals surface area (Å²) < 4.78 is 44.4. The number of piperazine rings is 1. The van der Waals surface area contributed by atoms with Gasteiger partial charge in [-0.15, -0.1) is 24.0 Å². The molecule has 1 aromatic carbocycles. The summed E-state index contributed by atoms with van der Waals surface area (Å²) in [6.45, 7) is 3.26. The van der Waals surface area contributed by atoms with Crippen molar-refractivity contribution in [3.05, 3.63) is 29.8 Å². The summed E-state index contributed by atoms with van der Waals surface area (Å²) in [4.78, 5) is 19.4. The Labute approximate surface area is 203 Å². The highest BCUT2D eigenvalue weighted by molar-refractivity contribution is 14.0. The smallest absolute Gasteiger partial charge is 0.403 e. The van der Waals surface area contributed by atoms with Gasteiger partial charge < -0.3 is 20.3 Å². The molecule has 0 bridgehead atoms. The number of nitrogens with zero attached hydrogens (tertiary/aromatic N) is 3. The van der Waals surface area contributed by atoms with Crippen LogP contribution in [0.5, 0.6) is 5.75 Å². The summed E-state index contributed by atoms with van der Waals surface area (Å²) >= 11 is 0. The van der Waals surface area contributed by atoms with Gasteiger partial charge in [0.15, 0.2) is 12.6 Å². The van der Waals surface area contributed by atoms with Crippen LogP contribution in [0, 0.1) is 0 Å². The Bertz CT molecular complexity index is 781. The van der Waals surface area contributed by atoms with Crippen LogP contribution < -0.4 is 15.4 Å². The highest BCUT2D eigenvalue weighted by atomic mass is 127. The first-order valence-corrected chi connectivity index (χ1v) is 10.5. The Morgan fingerprint density at radius 2 is 1.94 bits per heavy atom. The average molecular weight is 569 g/mol. The molecule has 32 heavy (non-hydrogen) atoms. The van der Waals surface area contributed by atoms with E-state index in [4.69, 9.17) is 4.74 Å². The van der Waals surface area contributed by atoms with Crippen LogP contribution >= 0.6 is 24.0 Å². The molecular weight excluding hydrogens is 538 g/mol. The highest BCUT2D eigenvalue weighted by Gasteiger charge is 2.41. The van der Waals surface area contributed by atoms with Crippen molar-refractivity contribution in [2.45, 2.75) is 44.6 Å². The molecule has 1 heterocycles. The topological polar surface area (TPSA) is 69.2 Å². The molecule has 7 nitrogen and oxygen atoms in total. The number of rotatable bonds is 7. The molecule has 1 aliphatic heterocycles.